The smallest absolute Gasteiger partial charge is 0.254 e. The number of hydrogen-bond acceptors (Lipinski definition) is 2. The van der Waals surface area contributed by atoms with E-state index in [0.29, 0.717) is 10.6 Å². The zero-order chi connectivity index (χ0) is 12.3. The third kappa shape index (κ3) is 2.99. The molecule has 0 bridgehead atoms. The van der Waals surface area contributed by atoms with Crippen LogP contribution >= 0.6 is 11.6 Å². The average Bonchev–Trinajstić information content (AvgIpc) is 2.53. The first-order valence-electron chi connectivity index (χ1n) is 5.96. The molecule has 0 spiro atoms. The minimum Gasteiger partial charge on any atom is -0.335 e. The summed E-state index contributed by atoms with van der Waals surface area (Å²) in [4.78, 5) is 14.3. The summed E-state index contributed by atoms with van der Waals surface area (Å²) in [6.45, 7) is 4.70. The van der Waals surface area contributed by atoms with Crippen molar-refractivity contribution in [3.05, 3.63) is 34.9 Å². The van der Waals surface area contributed by atoms with Crippen molar-refractivity contribution in [1.29, 1.82) is 0 Å². The molecule has 0 aromatic heterocycles. The van der Waals surface area contributed by atoms with Crippen molar-refractivity contribution in [2.45, 2.75) is 19.4 Å². The van der Waals surface area contributed by atoms with Crippen LogP contribution in [-0.2, 0) is 0 Å². The van der Waals surface area contributed by atoms with Gasteiger partial charge in [-0.25, -0.2) is 0 Å². The van der Waals surface area contributed by atoms with E-state index in [1.165, 1.54) is 0 Å². The van der Waals surface area contributed by atoms with Gasteiger partial charge in [-0.3, -0.25) is 4.79 Å². The maximum Gasteiger partial charge on any atom is 0.254 e. The van der Waals surface area contributed by atoms with Gasteiger partial charge in [0.2, 0.25) is 0 Å². The van der Waals surface area contributed by atoms with Crippen LogP contribution in [0.2, 0.25) is 5.02 Å². The van der Waals surface area contributed by atoms with Crippen LogP contribution in [0.1, 0.15) is 23.7 Å². The molecule has 3 nitrogen and oxygen atoms in total. The highest BCUT2D eigenvalue weighted by Crippen LogP contribution is 2.15. The lowest BCUT2D eigenvalue weighted by Crippen LogP contribution is -2.41. The molecular formula is C13H17ClN2O. The average molecular weight is 253 g/mol. The second kappa shape index (κ2) is 5.52. The maximum absolute atomic E-state index is 12.4. The van der Waals surface area contributed by atoms with Crippen molar-refractivity contribution in [1.82, 2.24) is 10.2 Å². The first kappa shape index (κ1) is 12.4. The van der Waals surface area contributed by atoms with Crippen molar-refractivity contribution in [2.75, 3.05) is 19.6 Å². The summed E-state index contributed by atoms with van der Waals surface area (Å²) in [5, 5.41) is 3.93. The van der Waals surface area contributed by atoms with E-state index in [2.05, 4.69) is 12.2 Å². The molecule has 1 atom stereocenters. The normalized spacial score (nSPS) is 21.1. The van der Waals surface area contributed by atoms with E-state index >= 15 is 0 Å². The van der Waals surface area contributed by atoms with Gasteiger partial charge in [-0.05, 0) is 38.1 Å². The summed E-state index contributed by atoms with van der Waals surface area (Å²) >= 11 is 5.91. The monoisotopic (exact) mass is 252 g/mol. The fourth-order valence-electron chi connectivity index (χ4n) is 2.10. The number of carbonyl (C=O) groups excluding carboxylic acids is 1. The van der Waals surface area contributed by atoms with Gasteiger partial charge in [-0.15, -0.1) is 0 Å². The Morgan fingerprint density at radius 1 is 1.53 bits per heavy atom. The molecular weight excluding hydrogens is 236 g/mol. The van der Waals surface area contributed by atoms with E-state index in [9.17, 15) is 4.79 Å². The minimum atomic E-state index is 0.0729. The molecule has 4 heteroatoms. The minimum absolute atomic E-state index is 0.0729. The van der Waals surface area contributed by atoms with Crippen LogP contribution in [0.5, 0.6) is 0 Å². The van der Waals surface area contributed by atoms with Gasteiger partial charge in [0.15, 0.2) is 0 Å². The Labute approximate surface area is 107 Å². The molecule has 92 valence electrons. The largest absolute Gasteiger partial charge is 0.335 e. The van der Waals surface area contributed by atoms with Crippen molar-refractivity contribution in [3.63, 3.8) is 0 Å². The Bertz CT molecular complexity index is 408. The number of nitrogens with one attached hydrogen (secondary N) is 1. The van der Waals surface area contributed by atoms with Gasteiger partial charge in [-0.1, -0.05) is 17.7 Å². The molecule has 0 aliphatic carbocycles. The van der Waals surface area contributed by atoms with Crippen molar-refractivity contribution >= 4 is 17.5 Å². The van der Waals surface area contributed by atoms with E-state index in [1.54, 1.807) is 12.1 Å². The summed E-state index contributed by atoms with van der Waals surface area (Å²) in [6, 6.07) is 7.37. The quantitative estimate of drug-likeness (QED) is 0.831. The molecule has 0 radical (unpaired) electrons. The summed E-state index contributed by atoms with van der Waals surface area (Å²) < 4.78 is 0. The lowest BCUT2D eigenvalue weighted by molar-refractivity contribution is 0.0707. The molecule has 1 N–H and O–H groups in total. The first-order chi connectivity index (χ1) is 8.18. The third-order valence-corrected chi connectivity index (χ3v) is 3.29. The topological polar surface area (TPSA) is 32.3 Å². The molecule has 1 aliphatic rings. The molecule has 17 heavy (non-hydrogen) atoms. The number of rotatable bonds is 1. The summed E-state index contributed by atoms with van der Waals surface area (Å²) in [6.07, 6.45) is 0.997. The molecule has 2 rings (SSSR count). The van der Waals surface area contributed by atoms with E-state index in [0.717, 1.165) is 26.1 Å². The second-order valence-corrected chi connectivity index (χ2v) is 4.85. The third-order valence-electron chi connectivity index (χ3n) is 3.06. The Balaban J connectivity index is 2.18. The van der Waals surface area contributed by atoms with Gasteiger partial charge < -0.3 is 10.2 Å². The van der Waals surface area contributed by atoms with Gasteiger partial charge in [0.1, 0.15) is 0 Å². The molecule has 1 heterocycles. The van der Waals surface area contributed by atoms with Crippen LogP contribution in [0, 0.1) is 0 Å². The van der Waals surface area contributed by atoms with Crippen molar-refractivity contribution in [2.24, 2.45) is 0 Å². The summed E-state index contributed by atoms with van der Waals surface area (Å²) in [7, 11) is 0. The second-order valence-electron chi connectivity index (χ2n) is 4.42. The van der Waals surface area contributed by atoms with Gasteiger partial charge >= 0.3 is 0 Å². The predicted molar refractivity (Wildman–Crippen MR) is 69.4 cm³/mol. The molecule has 1 aromatic rings. The van der Waals surface area contributed by atoms with Gasteiger partial charge in [0.05, 0.1) is 0 Å². The van der Waals surface area contributed by atoms with Gasteiger partial charge in [0, 0.05) is 29.7 Å². The molecule has 1 fully saturated rings. The predicted octanol–water partition coefficient (Wildman–Crippen LogP) is 2.16. The molecule has 1 saturated heterocycles. The highest BCUT2D eigenvalue weighted by atomic mass is 35.5. The van der Waals surface area contributed by atoms with Crippen LogP contribution in [-0.4, -0.2) is 36.5 Å². The number of amides is 1. The summed E-state index contributed by atoms with van der Waals surface area (Å²) in [5.74, 6) is 0.0729. The number of nitrogens with zero attached hydrogens (tertiary/aromatic N) is 1. The van der Waals surface area contributed by atoms with Gasteiger partial charge in [-0.2, -0.15) is 0 Å². The van der Waals surface area contributed by atoms with Crippen LogP contribution in [0.25, 0.3) is 0 Å². The summed E-state index contributed by atoms with van der Waals surface area (Å²) in [5.41, 5.74) is 0.672. The van der Waals surface area contributed by atoms with E-state index in [4.69, 9.17) is 11.6 Å². The molecule has 1 aromatic carbocycles. The number of halogens is 1. The van der Waals surface area contributed by atoms with E-state index in [-0.39, 0.29) is 11.9 Å². The lowest BCUT2D eigenvalue weighted by atomic mass is 10.1. The number of carbonyl (C=O) groups is 1. The van der Waals surface area contributed by atoms with Gasteiger partial charge in [0.25, 0.3) is 5.91 Å². The number of benzene rings is 1. The zero-order valence-corrected chi connectivity index (χ0v) is 10.7. The van der Waals surface area contributed by atoms with E-state index in [1.807, 2.05) is 17.0 Å². The van der Waals surface area contributed by atoms with E-state index < -0.39 is 0 Å². The highest BCUT2D eigenvalue weighted by molar-refractivity contribution is 6.30. The molecule has 1 unspecified atom stereocenters. The fraction of sp³-hybridized carbons (Fsp3) is 0.462. The highest BCUT2D eigenvalue weighted by Gasteiger charge is 2.22. The first-order valence-corrected chi connectivity index (χ1v) is 6.33. The zero-order valence-electron chi connectivity index (χ0n) is 9.95. The Kier molecular flexibility index (Phi) is 4.02. The van der Waals surface area contributed by atoms with Crippen LogP contribution in [0.15, 0.2) is 24.3 Å². The van der Waals surface area contributed by atoms with Crippen LogP contribution < -0.4 is 5.32 Å². The lowest BCUT2D eigenvalue weighted by Gasteiger charge is -2.27. The Morgan fingerprint density at radius 2 is 2.35 bits per heavy atom. The Hall–Kier alpha value is -1.06. The van der Waals surface area contributed by atoms with Crippen LogP contribution in [0.3, 0.4) is 0 Å². The van der Waals surface area contributed by atoms with Crippen molar-refractivity contribution < 1.29 is 4.79 Å². The number of hydrogen-bond donors (Lipinski definition) is 1. The molecule has 1 amide bonds. The maximum atomic E-state index is 12.4. The fourth-order valence-corrected chi connectivity index (χ4v) is 2.30. The van der Waals surface area contributed by atoms with Crippen molar-refractivity contribution in [3.8, 4) is 0 Å². The molecule has 0 saturated carbocycles. The standard InChI is InChI=1S/C13H17ClN2O/c1-10-9-15-6-3-7-16(10)13(17)11-4-2-5-12(14)8-11/h2,4-5,8,10,15H,3,6-7,9H2,1H3. The Morgan fingerprint density at radius 3 is 3.12 bits per heavy atom. The SMILES string of the molecule is CC1CNCCCN1C(=O)c1cccc(Cl)c1. The molecule has 1 aliphatic heterocycles. The van der Waals surface area contributed by atoms with Crippen LogP contribution in [0.4, 0.5) is 0 Å².